The van der Waals surface area contributed by atoms with Gasteiger partial charge in [-0.3, -0.25) is 4.79 Å². The molecular formula is C25H29NO4. The second-order valence-electron chi connectivity index (χ2n) is 7.24. The minimum atomic E-state index is -0.735. The first-order valence-corrected chi connectivity index (χ1v) is 10.6. The van der Waals surface area contributed by atoms with E-state index in [1.54, 1.807) is 13.2 Å². The van der Waals surface area contributed by atoms with Crippen LogP contribution in [0.3, 0.4) is 0 Å². The Bertz CT molecular complexity index is 964. The van der Waals surface area contributed by atoms with Gasteiger partial charge in [-0.1, -0.05) is 45.0 Å². The molecule has 0 bridgehead atoms. The smallest absolute Gasteiger partial charge is 0.306 e. The topological polar surface area (TPSA) is 72.6 Å². The Morgan fingerprint density at radius 2 is 2.00 bits per heavy atom. The van der Waals surface area contributed by atoms with Crippen LogP contribution >= 0.6 is 0 Å². The summed E-state index contributed by atoms with van der Waals surface area (Å²) in [5.74, 6) is 0.425. The lowest BCUT2D eigenvalue weighted by Gasteiger charge is -2.16. The van der Waals surface area contributed by atoms with Crippen LogP contribution in [0.15, 0.2) is 59.2 Å². The van der Waals surface area contributed by atoms with Crippen molar-refractivity contribution in [3.8, 4) is 17.2 Å². The molecule has 0 fully saturated rings. The van der Waals surface area contributed by atoms with E-state index in [4.69, 9.17) is 9.15 Å². The number of aryl methyl sites for hydroxylation is 1. The summed E-state index contributed by atoms with van der Waals surface area (Å²) < 4.78 is 11.4. The van der Waals surface area contributed by atoms with Crippen LogP contribution in [-0.2, 0) is 17.6 Å². The Kier molecular flexibility index (Phi) is 7.28. The van der Waals surface area contributed by atoms with E-state index in [0.29, 0.717) is 18.9 Å². The summed E-state index contributed by atoms with van der Waals surface area (Å²) in [6, 6.07) is 15.8. The molecule has 5 heteroatoms. The second-order valence-corrected chi connectivity index (χ2v) is 7.24. The summed E-state index contributed by atoms with van der Waals surface area (Å²) in [7, 11) is 0. The quantitative estimate of drug-likeness (QED) is 0.541. The number of aromatic nitrogens is 1. The molecule has 0 aliphatic heterocycles. The van der Waals surface area contributed by atoms with Gasteiger partial charge in [-0.25, -0.2) is 4.98 Å². The number of hydrogen-bond acceptors (Lipinski definition) is 4. The SMILES string of the molecule is CC.CC(C(=O)O)C1CCc2cc(OCCc3coc(-c4ccccc4)n3)ccc21. The van der Waals surface area contributed by atoms with Crippen LogP contribution in [0.2, 0.25) is 0 Å². The zero-order chi connectivity index (χ0) is 21.5. The summed E-state index contributed by atoms with van der Waals surface area (Å²) >= 11 is 0. The molecule has 1 heterocycles. The number of carboxylic acids is 1. The number of carboxylic acid groups (broad SMARTS) is 1. The minimum Gasteiger partial charge on any atom is -0.493 e. The lowest BCUT2D eigenvalue weighted by molar-refractivity contribution is -0.141. The van der Waals surface area contributed by atoms with Gasteiger partial charge in [0.2, 0.25) is 5.89 Å². The maximum atomic E-state index is 11.3. The molecule has 0 saturated carbocycles. The molecule has 1 aromatic heterocycles. The first-order valence-electron chi connectivity index (χ1n) is 10.6. The number of rotatable bonds is 7. The monoisotopic (exact) mass is 407 g/mol. The predicted molar refractivity (Wildman–Crippen MR) is 117 cm³/mol. The van der Waals surface area contributed by atoms with E-state index >= 15 is 0 Å². The Hall–Kier alpha value is -3.08. The van der Waals surface area contributed by atoms with Gasteiger partial charge in [0.1, 0.15) is 12.0 Å². The molecular weight excluding hydrogens is 378 g/mol. The molecule has 0 saturated heterocycles. The van der Waals surface area contributed by atoms with Gasteiger partial charge in [-0.15, -0.1) is 0 Å². The third-order valence-corrected chi connectivity index (χ3v) is 5.43. The molecule has 3 aromatic rings. The number of carbonyl (C=O) groups is 1. The number of aliphatic carboxylic acids is 1. The molecule has 0 spiro atoms. The Morgan fingerprint density at radius 3 is 2.73 bits per heavy atom. The number of ether oxygens (including phenoxy) is 1. The molecule has 158 valence electrons. The molecule has 1 aliphatic carbocycles. The maximum absolute atomic E-state index is 11.3. The Morgan fingerprint density at radius 1 is 1.23 bits per heavy atom. The summed E-state index contributed by atoms with van der Waals surface area (Å²) in [4.78, 5) is 15.8. The van der Waals surface area contributed by atoms with E-state index in [0.717, 1.165) is 35.4 Å². The van der Waals surface area contributed by atoms with E-state index in [-0.39, 0.29) is 11.8 Å². The highest BCUT2D eigenvalue weighted by Gasteiger charge is 2.31. The third kappa shape index (κ3) is 4.90. The van der Waals surface area contributed by atoms with Gasteiger partial charge in [0, 0.05) is 12.0 Å². The van der Waals surface area contributed by atoms with E-state index in [9.17, 15) is 9.90 Å². The van der Waals surface area contributed by atoms with Crippen molar-refractivity contribution in [1.82, 2.24) is 4.98 Å². The van der Waals surface area contributed by atoms with Crippen molar-refractivity contribution in [2.24, 2.45) is 5.92 Å². The summed E-state index contributed by atoms with van der Waals surface area (Å²) in [5.41, 5.74) is 4.16. The molecule has 1 N–H and O–H groups in total. The zero-order valence-corrected chi connectivity index (χ0v) is 17.8. The molecule has 0 amide bonds. The zero-order valence-electron chi connectivity index (χ0n) is 17.8. The first-order chi connectivity index (χ1) is 14.6. The Balaban J connectivity index is 0.00000124. The van der Waals surface area contributed by atoms with Gasteiger partial charge in [-0.2, -0.15) is 0 Å². The summed E-state index contributed by atoms with van der Waals surface area (Å²) in [6.07, 6.45) is 4.12. The van der Waals surface area contributed by atoms with Crippen LogP contribution in [-0.4, -0.2) is 22.7 Å². The first kappa shape index (κ1) is 21.6. The van der Waals surface area contributed by atoms with Gasteiger partial charge in [-0.05, 0) is 54.2 Å². The average Bonchev–Trinajstić information content (AvgIpc) is 3.42. The number of hydrogen-bond donors (Lipinski definition) is 1. The van der Waals surface area contributed by atoms with Crippen molar-refractivity contribution >= 4 is 5.97 Å². The maximum Gasteiger partial charge on any atom is 0.306 e. The van der Waals surface area contributed by atoms with Crippen LogP contribution in [0.1, 0.15) is 49.9 Å². The minimum absolute atomic E-state index is 0.0908. The second kappa shape index (κ2) is 10.1. The van der Waals surface area contributed by atoms with Crippen LogP contribution < -0.4 is 4.74 Å². The Labute approximate surface area is 177 Å². The molecule has 5 nitrogen and oxygen atoms in total. The van der Waals surface area contributed by atoms with Gasteiger partial charge in [0.25, 0.3) is 0 Å². The van der Waals surface area contributed by atoms with Gasteiger partial charge >= 0.3 is 5.97 Å². The fraction of sp³-hybridized carbons (Fsp3) is 0.360. The predicted octanol–water partition coefficient (Wildman–Crippen LogP) is 5.74. The highest BCUT2D eigenvalue weighted by atomic mass is 16.5. The normalized spacial score (nSPS) is 15.6. The van der Waals surface area contributed by atoms with Crippen LogP contribution in [0.5, 0.6) is 5.75 Å². The number of nitrogens with zero attached hydrogens (tertiary/aromatic N) is 1. The van der Waals surface area contributed by atoms with Gasteiger partial charge < -0.3 is 14.3 Å². The average molecular weight is 408 g/mol. The fourth-order valence-electron chi connectivity index (χ4n) is 3.82. The molecule has 2 aromatic carbocycles. The van der Waals surface area contributed by atoms with Crippen molar-refractivity contribution in [1.29, 1.82) is 0 Å². The van der Waals surface area contributed by atoms with Gasteiger partial charge in [0.15, 0.2) is 0 Å². The number of oxazole rings is 1. The van der Waals surface area contributed by atoms with E-state index in [2.05, 4.69) is 4.98 Å². The van der Waals surface area contributed by atoms with Crippen molar-refractivity contribution in [2.75, 3.05) is 6.61 Å². The molecule has 2 atom stereocenters. The summed E-state index contributed by atoms with van der Waals surface area (Å²) in [6.45, 7) is 6.29. The van der Waals surface area contributed by atoms with Crippen LogP contribution in [0.25, 0.3) is 11.5 Å². The number of benzene rings is 2. The molecule has 30 heavy (non-hydrogen) atoms. The highest BCUT2D eigenvalue weighted by Crippen LogP contribution is 2.39. The van der Waals surface area contributed by atoms with E-state index < -0.39 is 5.97 Å². The van der Waals surface area contributed by atoms with Crippen molar-refractivity contribution in [3.63, 3.8) is 0 Å². The molecule has 4 rings (SSSR count). The highest BCUT2D eigenvalue weighted by molar-refractivity contribution is 5.71. The standard InChI is InChI=1S/C23H23NO4.C2H6/c1-15(23(25)26)20-9-7-17-13-19(8-10-21(17)20)27-12-11-18-14-28-22(24-18)16-5-3-2-4-6-16;1-2/h2-6,8,10,13-15,20H,7,9,11-12H2,1H3,(H,25,26);1-2H3. The van der Waals surface area contributed by atoms with E-state index in [1.807, 2.05) is 62.4 Å². The fourth-order valence-corrected chi connectivity index (χ4v) is 3.82. The number of fused-ring (bicyclic) bond motifs is 1. The van der Waals surface area contributed by atoms with E-state index in [1.165, 1.54) is 5.56 Å². The van der Waals surface area contributed by atoms with Crippen molar-refractivity contribution in [2.45, 2.75) is 46.0 Å². The summed E-state index contributed by atoms with van der Waals surface area (Å²) in [5, 5.41) is 9.28. The molecule has 2 unspecified atom stereocenters. The lowest BCUT2D eigenvalue weighted by atomic mass is 9.89. The van der Waals surface area contributed by atoms with Crippen molar-refractivity contribution < 1.29 is 19.1 Å². The van der Waals surface area contributed by atoms with Crippen molar-refractivity contribution in [3.05, 3.63) is 71.6 Å². The third-order valence-electron chi connectivity index (χ3n) is 5.43. The largest absolute Gasteiger partial charge is 0.493 e. The lowest BCUT2D eigenvalue weighted by Crippen LogP contribution is -2.17. The van der Waals surface area contributed by atoms with Gasteiger partial charge in [0.05, 0.1) is 18.2 Å². The molecule has 1 aliphatic rings. The molecule has 0 radical (unpaired) electrons. The van der Waals surface area contributed by atoms with Crippen LogP contribution in [0, 0.1) is 5.92 Å². The van der Waals surface area contributed by atoms with Crippen LogP contribution in [0.4, 0.5) is 0 Å².